The highest BCUT2D eigenvalue weighted by Gasteiger charge is 2.53. The number of rotatable bonds is 6. The minimum Gasteiger partial charge on any atom is -0.446 e. The Morgan fingerprint density at radius 3 is 2.50 bits per heavy atom. The average molecular weight is 385 g/mol. The third kappa shape index (κ3) is 3.58. The fourth-order valence-electron chi connectivity index (χ4n) is 3.84. The number of benzene rings is 1. The van der Waals surface area contributed by atoms with Gasteiger partial charge in [-0.2, -0.15) is 0 Å². The van der Waals surface area contributed by atoms with Crippen LogP contribution in [0.5, 0.6) is 0 Å². The number of nitrogens with one attached hydrogen (secondary N) is 2. The number of hydrogen-bond acceptors (Lipinski definition) is 5. The van der Waals surface area contributed by atoms with Crippen LogP contribution in [-0.4, -0.2) is 46.8 Å². The molecule has 1 aromatic rings. The lowest BCUT2D eigenvalue weighted by Gasteiger charge is -2.21. The number of amides is 4. The topological polar surface area (TPSA) is 105 Å². The molecule has 28 heavy (non-hydrogen) atoms. The van der Waals surface area contributed by atoms with Crippen molar-refractivity contribution in [1.29, 1.82) is 0 Å². The van der Waals surface area contributed by atoms with E-state index in [2.05, 4.69) is 10.6 Å². The molecule has 1 heterocycles. The molecule has 0 radical (unpaired) electrons. The maximum Gasteiger partial charge on any atom is 0.327 e. The Bertz CT molecular complexity index is 799. The second-order valence-corrected chi connectivity index (χ2v) is 7.67. The number of nitrogens with zero attached hydrogens (tertiary/aromatic N) is 1. The molecule has 4 rings (SSSR count). The van der Waals surface area contributed by atoms with Gasteiger partial charge < -0.3 is 15.4 Å². The van der Waals surface area contributed by atoms with Crippen molar-refractivity contribution in [1.82, 2.24) is 15.5 Å². The number of ether oxygens (including phenoxy) is 1. The summed E-state index contributed by atoms with van der Waals surface area (Å²) in [6.45, 7) is -0.507. The van der Waals surface area contributed by atoms with E-state index in [9.17, 15) is 19.2 Å². The van der Waals surface area contributed by atoms with Gasteiger partial charge in [0, 0.05) is 11.6 Å². The fraction of sp³-hybridized carbons (Fsp3) is 0.500. The Hall–Kier alpha value is -2.90. The molecule has 0 aromatic heterocycles. The molecule has 0 unspecified atom stereocenters. The predicted molar refractivity (Wildman–Crippen MR) is 97.9 cm³/mol. The van der Waals surface area contributed by atoms with Crippen LogP contribution in [0.15, 0.2) is 30.3 Å². The molecule has 3 aliphatic rings. The first-order chi connectivity index (χ1) is 13.5. The van der Waals surface area contributed by atoms with Crippen molar-refractivity contribution in [3.63, 3.8) is 0 Å². The van der Waals surface area contributed by atoms with Crippen molar-refractivity contribution in [3.8, 4) is 0 Å². The van der Waals surface area contributed by atoms with E-state index in [1.807, 2.05) is 0 Å². The van der Waals surface area contributed by atoms with Crippen LogP contribution < -0.4 is 10.6 Å². The smallest absolute Gasteiger partial charge is 0.327 e. The molecule has 8 nitrogen and oxygen atoms in total. The van der Waals surface area contributed by atoms with Crippen molar-refractivity contribution in [3.05, 3.63) is 35.9 Å². The summed E-state index contributed by atoms with van der Waals surface area (Å²) in [6.07, 6.45) is 3.59. The molecule has 1 aliphatic heterocycles. The SMILES string of the molecule is O=C(CN1C(=O)NC2(CCCC2)C1=O)O[C@H](C(=O)NC1CC1)c1ccccc1. The highest BCUT2D eigenvalue weighted by molar-refractivity contribution is 6.08. The largest absolute Gasteiger partial charge is 0.446 e. The minimum absolute atomic E-state index is 0.116. The Labute approximate surface area is 162 Å². The van der Waals surface area contributed by atoms with Gasteiger partial charge in [0.2, 0.25) is 6.10 Å². The molecule has 1 aromatic carbocycles. The van der Waals surface area contributed by atoms with E-state index in [4.69, 9.17) is 4.74 Å². The number of carbonyl (C=O) groups is 4. The fourth-order valence-corrected chi connectivity index (χ4v) is 3.84. The molecule has 4 amide bonds. The maximum absolute atomic E-state index is 12.7. The third-order valence-corrected chi connectivity index (χ3v) is 5.50. The molecule has 8 heteroatoms. The van der Waals surface area contributed by atoms with Crippen molar-refractivity contribution >= 4 is 23.8 Å². The number of hydrogen-bond donors (Lipinski definition) is 2. The molecule has 3 fully saturated rings. The van der Waals surface area contributed by atoms with E-state index in [1.165, 1.54) is 0 Å². The highest BCUT2D eigenvalue weighted by atomic mass is 16.5. The van der Waals surface area contributed by atoms with Crippen molar-refractivity contribution in [2.24, 2.45) is 0 Å². The first-order valence-corrected chi connectivity index (χ1v) is 9.67. The molecule has 1 atom stereocenters. The molecule has 2 aliphatic carbocycles. The lowest BCUT2D eigenvalue weighted by Crippen LogP contribution is -2.44. The molecular formula is C20H23N3O5. The highest BCUT2D eigenvalue weighted by Crippen LogP contribution is 2.35. The quantitative estimate of drug-likeness (QED) is 0.569. The minimum atomic E-state index is -1.12. The van der Waals surface area contributed by atoms with E-state index in [0.717, 1.165) is 30.6 Å². The molecular weight excluding hydrogens is 362 g/mol. The van der Waals surface area contributed by atoms with E-state index < -0.39 is 36.1 Å². The Morgan fingerprint density at radius 1 is 1.18 bits per heavy atom. The van der Waals surface area contributed by atoms with Crippen molar-refractivity contribution in [2.45, 2.75) is 56.2 Å². The van der Waals surface area contributed by atoms with E-state index in [-0.39, 0.29) is 11.9 Å². The van der Waals surface area contributed by atoms with Crippen LogP contribution in [0.2, 0.25) is 0 Å². The summed E-state index contributed by atoms with van der Waals surface area (Å²) in [5.74, 6) is -1.57. The van der Waals surface area contributed by atoms with Crippen LogP contribution in [0, 0.1) is 0 Å². The average Bonchev–Trinajstić information content (AvgIpc) is 3.32. The van der Waals surface area contributed by atoms with Gasteiger partial charge in [-0.05, 0) is 25.7 Å². The molecule has 148 valence electrons. The Balaban J connectivity index is 1.45. The Kier molecular flexibility index (Phi) is 4.78. The third-order valence-electron chi connectivity index (χ3n) is 5.50. The van der Waals surface area contributed by atoms with Gasteiger partial charge in [0.05, 0.1) is 0 Å². The summed E-state index contributed by atoms with van der Waals surface area (Å²) in [7, 11) is 0. The van der Waals surface area contributed by atoms with Crippen LogP contribution in [0.3, 0.4) is 0 Å². The zero-order valence-electron chi connectivity index (χ0n) is 15.5. The van der Waals surface area contributed by atoms with Gasteiger partial charge in [-0.25, -0.2) is 4.79 Å². The Morgan fingerprint density at radius 2 is 1.86 bits per heavy atom. The van der Waals surface area contributed by atoms with Crippen LogP contribution in [-0.2, 0) is 19.1 Å². The van der Waals surface area contributed by atoms with E-state index in [1.54, 1.807) is 30.3 Å². The second-order valence-electron chi connectivity index (χ2n) is 7.67. The zero-order chi connectivity index (χ0) is 19.7. The van der Waals surface area contributed by atoms with Gasteiger partial charge in [0.15, 0.2) is 0 Å². The number of esters is 1. The number of carbonyl (C=O) groups excluding carboxylic acids is 4. The van der Waals surface area contributed by atoms with Crippen molar-refractivity contribution in [2.75, 3.05) is 6.54 Å². The summed E-state index contributed by atoms with van der Waals surface area (Å²) >= 11 is 0. The molecule has 0 bridgehead atoms. The van der Waals surface area contributed by atoms with Crippen molar-refractivity contribution < 1.29 is 23.9 Å². The van der Waals surface area contributed by atoms with E-state index in [0.29, 0.717) is 18.4 Å². The summed E-state index contributed by atoms with van der Waals surface area (Å²) < 4.78 is 5.41. The molecule has 1 saturated heterocycles. The van der Waals surface area contributed by atoms with Gasteiger partial charge in [0.1, 0.15) is 12.1 Å². The summed E-state index contributed by atoms with van der Waals surface area (Å²) in [6, 6.07) is 8.24. The van der Waals surface area contributed by atoms with Crippen LogP contribution >= 0.6 is 0 Å². The molecule has 1 spiro atoms. The maximum atomic E-state index is 12.7. The zero-order valence-corrected chi connectivity index (χ0v) is 15.5. The number of urea groups is 1. The standard InChI is InChI=1S/C20H23N3O5/c24-15(12-23-18(26)20(22-19(23)27)10-4-5-11-20)28-16(13-6-2-1-3-7-13)17(25)21-14-8-9-14/h1-3,6-7,14,16H,4-5,8-12H2,(H,21,25)(H,22,27)/t16-/m0/s1. The lowest BCUT2D eigenvalue weighted by molar-refractivity contribution is -0.158. The first-order valence-electron chi connectivity index (χ1n) is 9.67. The van der Waals surface area contributed by atoms with Crippen LogP contribution in [0.4, 0.5) is 4.79 Å². The first kappa shape index (κ1) is 18.5. The van der Waals surface area contributed by atoms with E-state index >= 15 is 0 Å². The summed E-state index contributed by atoms with van der Waals surface area (Å²) in [5.41, 5.74) is -0.335. The van der Waals surface area contributed by atoms with Gasteiger partial charge >= 0.3 is 12.0 Å². The summed E-state index contributed by atoms with van der Waals surface area (Å²) in [5, 5.41) is 5.56. The second kappa shape index (κ2) is 7.26. The monoisotopic (exact) mass is 385 g/mol. The van der Waals surface area contributed by atoms with Gasteiger partial charge in [0.25, 0.3) is 11.8 Å². The predicted octanol–water partition coefficient (Wildman–Crippen LogP) is 1.41. The van der Waals surface area contributed by atoms with Gasteiger partial charge in [-0.1, -0.05) is 43.2 Å². The molecule has 2 saturated carbocycles. The van der Waals surface area contributed by atoms with Crippen LogP contribution in [0.1, 0.15) is 50.2 Å². The molecule has 2 N–H and O–H groups in total. The van der Waals surface area contributed by atoms with Gasteiger partial charge in [-0.15, -0.1) is 0 Å². The normalized spacial score (nSPS) is 21.5. The summed E-state index contributed by atoms with van der Waals surface area (Å²) in [4.78, 5) is 50.9. The van der Waals surface area contributed by atoms with Crippen LogP contribution in [0.25, 0.3) is 0 Å². The lowest BCUT2D eigenvalue weighted by atomic mass is 9.98. The van der Waals surface area contributed by atoms with Gasteiger partial charge in [-0.3, -0.25) is 19.3 Å². The number of imide groups is 1.